The Bertz CT molecular complexity index is 186. The molecule has 1 rings (SSSR count). The number of nitrogens with zero attached hydrogens (tertiary/aromatic N) is 2. The zero-order valence-corrected chi connectivity index (χ0v) is 7.95. The first kappa shape index (κ1) is 10.0. The maximum absolute atomic E-state index is 11.4. The summed E-state index contributed by atoms with van der Waals surface area (Å²) in [6.45, 7) is 4.56. The molecule has 0 atom stereocenters. The highest BCUT2D eigenvalue weighted by Gasteiger charge is 2.19. The molecular formula is C9H15N2O2. The molecule has 1 heterocycles. The van der Waals surface area contributed by atoms with Crippen LogP contribution in [0, 0.1) is 0 Å². The van der Waals surface area contributed by atoms with E-state index in [1.807, 2.05) is 18.2 Å². The van der Waals surface area contributed by atoms with E-state index in [0.717, 1.165) is 6.42 Å². The first-order valence-corrected chi connectivity index (χ1v) is 4.68. The molecule has 4 heteroatoms. The Morgan fingerprint density at radius 3 is 2.38 bits per heavy atom. The van der Waals surface area contributed by atoms with Gasteiger partial charge in [0.1, 0.15) is 0 Å². The minimum absolute atomic E-state index is 0.202. The Hall–Kier alpha value is -1.06. The van der Waals surface area contributed by atoms with Gasteiger partial charge in [0.25, 0.3) is 0 Å². The Morgan fingerprint density at radius 1 is 1.31 bits per heavy atom. The van der Waals surface area contributed by atoms with Crippen molar-refractivity contribution in [1.82, 2.24) is 9.80 Å². The molecule has 0 N–H and O–H groups in total. The fourth-order valence-electron chi connectivity index (χ4n) is 1.42. The molecule has 0 spiro atoms. The highest BCUT2D eigenvalue weighted by Crippen LogP contribution is 2.03. The Morgan fingerprint density at radius 2 is 1.92 bits per heavy atom. The van der Waals surface area contributed by atoms with E-state index in [-0.39, 0.29) is 5.91 Å². The van der Waals surface area contributed by atoms with Crippen LogP contribution in [-0.2, 0) is 9.59 Å². The quantitative estimate of drug-likeness (QED) is 0.618. The Labute approximate surface area is 78.5 Å². The summed E-state index contributed by atoms with van der Waals surface area (Å²) in [4.78, 5) is 25.1. The molecule has 13 heavy (non-hydrogen) atoms. The van der Waals surface area contributed by atoms with Gasteiger partial charge in [-0.15, -0.1) is 0 Å². The summed E-state index contributed by atoms with van der Waals surface area (Å²) >= 11 is 0. The average Bonchev–Trinajstić information content (AvgIpc) is 2.18. The van der Waals surface area contributed by atoms with Gasteiger partial charge in [-0.1, -0.05) is 6.92 Å². The van der Waals surface area contributed by atoms with Gasteiger partial charge in [0.05, 0.1) is 0 Å². The molecule has 0 aromatic heterocycles. The zero-order valence-electron chi connectivity index (χ0n) is 7.95. The van der Waals surface area contributed by atoms with Crippen molar-refractivity contribution in [3.8, 4) is 0 Å². The number of amides is 2. The van der Waals surface area contributed by atoms with Crippen molar-refractivity contribution < 1.29 is 9.59 Å². The van der Waals surface area contributed by atoms with Gasteiger partial charge in [-0.3, -0.25) is 9.59 Å². The number of piperazine rings is 1. The molecule has 73 valence electrons. The van der Waals surface area contributed by atoms with Crippen LogP contribution >= 0.6 is 0 Å². The summed E-state index contributed by atoms with van der Waals surface area (Å²) in [6, 6.07) is 0. The van der Waals surface area contributed by atoms with Crippen LogP contribution in [0.15, 0.2) is 0 Å². The average molecular weight is 183 g/mol. The van der Waals surface area contributed by atoms with Gasteiger partial charge >= 0.3 is 6.41 Å². The van der Waals surface area contributed by atoms with Crippen molar-refractivity contribution in [2.45, 2.75) is 19.8 Å². The maximum Gasteiger partial charge on any atom is 0.312 e. The van der Waals surface area contributed by atoms with E-state index < -0.39 is 0 Å². The summed E-state index contributed by atoms with van der Waals surface area (Å²) in [6.07, 6.45) is 3.34. The summed E-state index contributed by atoms with van der Waals surface area (Å²) in [5.74, 6) is 0.202. The highest BCUT2D eigenvalue weighted by atomic mass is 16.2. The van der Waals surface area contributed by atoms with E-state index in [2.05, 4.69) is 0 Å². The third kappa shape index (κ3) is 2.72. The van der Waals surface area contributed by atoms with E-state index >= 15 is 0 Å². The van der Waals surface area contributed by atoms with Crippen LogP contribution in [0.25, 0.3) is 0 Å². The smallest absolute Gasteiger partial charge is 0.312 e. The van der Waals surface area contributed by atoms with Crippen LogP contribution in [0.5, 0.6) is 0 Å². The van der Waals surface area contributed by atoms with Crippen LogP contribution in [0.1, 0.15) is 19.8 Å². The summed E-state index contributed by atoms with van der Waals surface area (Å²) < 4.78 is 0. The molecule has 0 aromatic rings. The van der Waals surface area contributed by atoms with E-state index in [1.54, 1.807) is 4.90 Å². The van der Waals surface area contributed by atoms with E-state index in [0.29, 0.717) is 32.6 Å². The lowest BCUT2D eigenvalue weighted by atomic mass is 10.2. The molecule has 1 aliphatic heterocycles. The minimum atomic E-state index is 0.202. The topological polar surface area (TPSA) is 40.6 Å². The molecule has 1 saturated heterocycles. The lowest BCUT2D eigenvalue weighted by Gasteiger charge is -2.32. The van der Waals surface area contributed by atoms with Gasteiger partial charge in [-0.05, 0) is 6.42 Å². The van der Waals surface area contributed by atoms with Crippen molar-refractivity contribution in [2.24, 2.45) is 0 Å². The van der Waals surface area contributed by atoms with Gasteiger partial charge in [0, 0.05) is 32.6 Å². The largest absolute Gasteiger partial charge is 0.339 e. The number of hydrogen-bond acceptors (Lipinski definition) is 2. The molecular weight excluding hydrogens is 168 g/mol. The number of hydrogen-bond donors (Lipinski definition) is 0. The van der Waals surface area contributed by atoms with Crippen LogP contribution in [-0.4, -0.2) is 48.3 Å². The number of carbonyl (C=O) groups excluding carboxylic acids is 2. The second-order valence-corrected chi connectivity index (χ2v) is 3.21. The minimum Gasteiger partial charge on any atom is -0.339 e. The fraction of sp³-hybridized carbons (Fsp3) is 0.778. The van der Waals surface area contributed by atoms with Crippen molar-refractivity contribution in [2.75, 3.05) is 26.2 Å². The lowest BCUT2D eigenvalue weighted by molar-refractivity contribution is -0.132. The van der Waals surface area contributed by atoms with Gasteiger partial charge in [-0.2, -0.15) is 0 Å². The second-order valence-electron chi connectivity index (χ2n) is 3.21. The van der Waals surface area contributed by atoms with E-state index in [9.17, 15) is 9.59 Å². The molecule has 2 amide bonds. The highest BCUT2D eigenvalue weighted by molar-refractivity contribution is 5.76. The van der Waals surface area contributed by atoms with Crippen LogP contribution < -0.4 is 0 Å². The Balaban J connectivity index is 2.31. The van der Waals surface area contributed by atoms with Gasteiger partial charge in [-0.25, -0.2) is 0 Å². The van der Waals surface area contributed by atoms with Crippen molar-refractivity contribution >= 4 is 12.3 Å². The van der Waals surface area contributed by atoms with E-state index in [4.69, 9.17) is 0 Å². The lowest BCUT2D eigenvalue weighted by Crippen LogP contribution is -2.48. The first-order valence-electron chi connectivity index (χ1n) is 4.68. The SMILES string of the molecule is CCCC(=O)N1CCN([C]=O)CC1. The maximum atomic E-state index is 11.4. The van der Waals surface area contributed by atoms with Gasteiger partial charge in [0.2, 0.25) is 5.91 Å². The first-order chi connectivity index (χ1) is 6.27. The second kappa shape index (κ2) is 4.84. The monoisotopic (exact) mass is 183 g/mol. The molecule has 0 aromatic carbocycles. The van der Waals surface area contributed by atoms with Crippen molar-refractivity contribution in [1.29, 1.82) is 0 Å². The number of carbonyl (C=O) groups is 1. The Kier molecular flexibility index (Phi) is 3.73. The predicted octanol–water partition coefficient (Wildman–Crippen LogP) is -0.00210. The predicted molar refractivity (Wildman–Crippen MR) is 48.8 cm³/mol. The molecule has 0 unspecified atom stereocenters. The molecule has 0 bridgehead atoms. The summed E-state index contributed by atoms with van der Waals surface area (Å²) in [5.41, 5.74) is 0. The van der Waals surface area contributed by atoms with Crippen LogP contribution in [0.4, 0.5) is 0 Å². The molecule has 4 nitrogen and oxygen atoms in total. The molecule has 1 aliphatic rings. The zero-order chi connectivity index (χ0) is 9.68. The normalized spacial score (nSPS) is 17.3. The van der Waals surface area contributed by atoms with Gasteiger partial charge < -0.3 is 9.80 Å². The fourth-order valence-corrected chi connectivity index (χ4v) is 1.42. The molecule has 1 radical (unpaired) electrons. The van der Waals surface area contributed by atoms with E-state index in [1.165, 1.54) is 0 Å². The molecule has 0 saturated carbocycles. The molecule has 1 fully saturated rings. The van der Waals surface area contributed by atoms with Crippen LogP contribution in [0.2, 0.25) is 0 Å². The standard InChI is InChI=1S/C9H15N2O2/c1-2-3-9(13)11-6-4-10(8-12)5-7-11/h2-7H2,1H3. The third-order valence-corrected chi connectivity index (χ3v) is 2.23. The van der Waals surface area contributed by atoms with Crippen LogP contribution in [0.3, 0.4) is 0 Å². The summed E-state index contributed by atoms with van der Waals surface area (Å²) in [7, 11) is 0. The summed E-state index contributed by atoms with van der Waals surface area (Å²) in [5, 5.41) is 0. The van der Waals surface area contributed by atoms with Crippen molar-refractivity contribution in [3.63, 3.8) is 0 Å². The van der Waals surface area contributed by atoms with Crippen molar-refractivity contribution in [3.05, 3.63) is 0 Å². The van der Waals surface area contributed by atoms with Gasteiger partial charge in [0.15, 0.2) is 0 Å². The third-order valence-electron chi connectivity index (χ3n) is 2.23. The molecule has 0 aliphatic carbocycles. The number of rotatable bonds is 3.